The molecule has 1 saturated heterocycles. The van der Waals surface area contributed by atoms with Crippen molar-refractivity contribution in [3.63, 3.8) is 0 Å². The van der Waals surface area contributed by atoms with Gasteiger partial charge in [0.15, 0.2) is 17.3 Å². The van der Waals surface area contributed by atoms with Crippen molar-refractivity contribution in [1.82, 2.24) is 14.7 Å². The highest BCUT2D eigenvalue weighted by Crippen LogP contribution is 2.42. The standard InChI is InChI=1S/C17H19ClF2N4O2/c1-12-10-16(23-8-6-22(5-4-18)7-9-23)21-24(12)13-2-3-14-15(11-13)26-17(19,20)25-14/h2-3,10-11H,4-9H2,1H3. The van der Waals surface area contributed by atoms with Crippen molar-refractivity contribution in [2.45, 2.75) is 13.2 Å². The van der Waals surface area contributed by atoms with Gasteiger partial charge in [0, 0.05) is 56.4 Å². The number of piperazine rings is 1. The van der Waals surface area contributed by atoms with Gasteiger partial charge in [-0.1, -0.05) is 0 Å². The van der Waals surface area contributed by atoms with Crippen molar-refractivity contribution in [3.8, 4) is 17.2 Å². The van der Waals surface area contributed by atoms with Crippen LogP contribution in [0, 0.1) is 6.92 Å². The molecule has 0 atom stereocenters. The highest BCUT2D eigenvalue weighted by Gasteiger charge is 2.43. The largest absolute Gasteiger partial charge is 0.586 e. The van der Waals surface area contributed by atoms with Gasteiger partial charge in [0.05, 0.1) is 5.69 Å². The molecular formula is C17H19ClF2N4O2. The Morgan fingerprint density at radius 3 is 2.58 bits per heavy atom. The van der Waals surface area contributed by atoms with Crippen LogP contribution in [0.4, 0.5) is 14.6 Å². The molecule has 0 N–H and O–H groups in total. The minimum atomic E-state index is -3.62. The topological polar surface area (TPSA) is 42.8 Å². The van der Waals surface area contributed by atoms with E-state index < -0.39 is 6.29 Å². The third kappa shape index (κ3) is 3.31. The third-order valence-corrected chi connectivity index (χ3v) is 4.77. The summed E-state index contributed by atoms with van der Waals surface area (Å²) in [4.78, 5) is 4.54. The number of benzene rings is 1. The van der Waals surface area contributed by atoms with E-state index in [9.17, 15) is 8.78 Å². The van der Waals surface area contributed by atoms with Crippen molar-refractivity contribution in [1.29, 1.82) is 0 Å². The second-order valence-corrected chi connectivity index (χ2v) is 6.75. The lowest BCUT2D eigenvalue weighted by atomic mass is 10.2. The summed E-state index contributed by atoms with van der Waals surface area (Å²) in [5.41, 5.74) is 1.56. The fraction of sp³-hybridized carbons (Fsp3) is 0.471. The van der Waals surface area contributed by atoms with E-state index in [4.69, 9.17) is 11.6 Å². The van der Waals surface area contributed by atoms with Crippen LogP contribution in [0.3, 0.4) is 0 Å². The normalized spacial score (nSPS) is 19.2. The zero-order valence-corrected chi connectivity index (χ0v) is 15.0. The maximum atomic E-state index is 13.2. The first-order chi connectivity index (χ1) is 12.4. The number of rotatable bonds is 4. The van der Waals surface area contributed by atoms with Gasteiger partial charge in [-0.25, -0.2) is 4.68 Å². The quantitative estimate of drug-likeness (QED) is 0.758. The summed E-state index contributed by atoms with van der Waals surface area (Å²) in [7, 11) is 0. The van der Waals surface area contributed by atoms with Crippen LogP contribution in [-0.4, -0.2) is 59.6 Å². The number of anilines is 1. The van der Waals surface area contributed by atoms with Gasteiger partial charge >= 0.3 is 6.29 Å². The SMILES string of the molecule is Cc1cc(N2CCN(CCCl)CC2)nn1-c1ccc2c(c1)OC(F)(F)O2. The van der Waals surface area contributed by atoms with Gasteiger partial charge in [0.1, 0.15) is 0 Å². The fourth-order valence-corrected chi connectivity index (χ4v) is 3.50. The smallest absolute Gasteiger partial charge is 0.395 e. The lowest BCUT2D eigenvalue weighted by Gasteiger charge is -2.34. The van der Waals surface area contributed by atoms with E-state index in [0.717, 1.165) is 44.2 Å². The zero-order chi connectivity index (χ0) is 18.3. The lowest BCUT2D eigenvalue weighted by molar-refractivity contribution is -0.286. The van der Waals surface area contributed by atoms with Crippen LogP contribution < -0.4 is 14.4 Å². The highest BCUT2D eigenvalue weighted by molar-refractivity contribution is 6.18. The molecule has 0 radical (unpaired) electrons. The van der Waals surface area contributed by atoms with Crippen LogP contribution in [0.5, 0.6) is 11.5 Å². The minimum absolute atomic E-state index is 0.0126. The van der Waals surface area contributed by atoms with Gasteiger partial charge in [-0.2, -0.15) is 5.10 Å². The lowest BCUT2D eigenvalue weighted by Crippen LogP contribution is -2.47. The number of nitrogens with zero attached hydrogens (tertiary/aromatic N) is 4. The van der Waals surface area contributed by atoms with Crippen molar-refractivity contribution in [2.75, 3.05) is 43.5 Å². The van der Waals surface area contributed by atoms with E-state index in [-0.39, 0.29) is 11.5 Å². The first kappa shape index (κ1) is 17.4. The Hall–Kier alpha value is -2.06. The Morgan fingerprint density at radius 2 is 1.85 bits per heavy atom. The van der Waals surface area contributed by atoms with E-state index in [2.05, 4.69) is 24.4 Å². The van der Waals surface area contributed by atoms with Crippen LogP contribution in [0.1, 0.15) is 5.69 Å². The van der Waals surface area contributed by atoms with E-state index in [1.807, 2.05) is 13.0 Å². The van der Waals surface area contributed by atoms with Crippen LogP contribution >= 0.6 is 11.6 Å². The Balaban J connectivity index is 1.53. The maximum absolute atomic E-state index is 13.2. The summed E-state index contributed by atoms with van der Waals surface area (Å²) in [6, 6.07) is 6.66. The van der Waals surface area contributed by atoms with Crippen molar-refractivity contribution >= 4 is 17.4 Å². The Kier molecular flexibility index (Phi) is 4.40. The van der Waals surface area contributed by atoms with Gasteiger partial charge in [0.2, 0.25) is 0 Å². The van der Waals surface area contributed by atoms with Crippen LogP contribution in [-0.2, 0) is 0 Å². The molecule has 1 aromatic heterocycles. The number of alkyl halides is 3. The molecule has 9 heteroatoms. The average molecular weight is 385 g/mol. The molecule has 2 aromatic rings. The van der Waals surface area contributed by atoms with Crippen LogP contribution in [0.15, 0.2) is 24.3 Å². The molecule has 2 aliphatic heterocycles. The van der Waals surface area contributed by atoms with Gasteiger partial charge in [-0.05, 0) is 19.1 Å². The van der Waals surface area contributed by atoms with Gasteiger partial charge < -0.3 is 14.4 Å². The monoisotopic (exact) mass is 384 g/mol. The molecule has 1 aromatic carbocycles. The molecule has 0 unspecified atom stereocenters. The van der Waals surface area contributed by atoms with Gasteiger partial charge in [-0.3, -0.25) is 4.90 Å². The van der Waals surface area contributed by atoms with E-state index in [1.165, 1.54) is 12.1 Å². The van der Waals surface area contributed by atoms with E-state index in [0.29, 0.717) is 11.6 Å². The molecule has 0 amide bonds. The number of hydrogen-bond acceptors (Lipinski definition) is 5. The van der Waals surface area contributed by atoms with Gasteiger partial charge in [-0.15, -0.1) is 20.4 Å². The van der Waals surface area contributed by atoms with Crippen molar-refractivity contribution in [3.05, 3.63) is 30.0 Å². The Labute approximate surface area is 154 Å². The predicted octanol–water partition coefficient (Wildman–Crippen LogP) is 2.86. The number of aromatic nitrogens is 2. The number of ether oxygens (including phenoxy) is 2. The zero-order valence-electron chi connectivity index (χ0n) is 14.3. The maximum Gasteiger partial charge on any atom is 0.586 e. The summed E-state index contributed by atoms with van der Waals surface area (Å²) in [6.45, 7) is 6.46. The Morgan fingerprint density at radius 1 is 1.12 bits per heavy atom. The molecule has 0 bridgehead atoms. The molecule has 4 rings (SSSR count). The second kappa shape index (κ2) is 6.59. The van der Waals surface area contributed by atoms with Crippen LogP contribution in [0.2, 0.25) is 0 Å². The first-order valence-corrected chi connectivity index (χ1v) is 8.99. The number of aryl methyl sites for hydroxylation is 1. The molecule has 0 saturated carbocycles. The highest BCUT2D eigenvalue weighted by atomic mass is 35.5. The summed E-state index contributed by atoms with van der Waals surface area (Å²) < 4.78 is 37.1. The third-order valence-electron chi connectivity index (χ3n) is 4.60. The summed E-state index contributed by atoms with van der Waals surface area (Å²) >= 11 is 5.80. The fourth-order valence-electron chi connectivity index (χ4n) is 3.26. The van der Waals surface area contributed by atoms with Crippen molar-refractivity contribution < 1.29 is 18.3 Å². The number of halogens is 3. The second-order valence-electron chi connectivity index (χ2n) is 6.37. The molecule has 0 aliphatic carbocycles. The molecule has 0 spiro atoms. The molecule has 3 heterocycles. The summed E-state index contributed by atoms with van der Waals surface area (Å²) in [5, 5.41) is 4.65. The summed E-state index contributed by atoms with van der Waals surface area (Å²) in [5.74, 6) is 1.55. The molecule has 1 fully saturated rings. The number of hydrogen-bond donors (Lipinski definition) is 0. The minimum Gasteiger partial charge on any atom is -0.395 e. The van der Waals surface area contributed by atoms with E-state index in [1.54, 1.807) is 10.7 Å². The number of fused-ring (bicyclic) bond motifs is 1. The molecule has 26 heavy (non-hydrogen) atoms. The van der Waals surface area contributed by atoms with Crippen LogP contribution in [0.25, 0.3) is 5.69 Å². The van der Waals surface area contributed by atoms with Crippen molar-refractivity contribution in [2.24, 2.45) is 0 Å². The molecule has 140 valence electrons. The molecule has 2 aliphatic rings. The van der Waals surface area contributed by atoms with Gasteiger partial charge in [0.25, 0.3) is 0 Å². The first-order valence-electron chi connectivity index (χ1n) is 8.45. The molecule has 6 nitrogen and oxygen atoms in total. The summed E-state index contributed by atoms with van der Waals surface area (Å²) in [6.07, 6.45) is -3.62. The molecular weight excluding hydrogens is 366 g/mol. The Bertz CT molecular complexity index is 806. The average Bonchev–Trinajstić information content (AvgIpc) is 3.13. The predicted molar refractivity (Wildman–Crippen MR) is 93.9 cm³/mol. The van der Waals surface area contributed by atoms with E-state index >= 15 is 0 Å².